The number of hydrogen-bond donors (Lipinski definition) is 1. The fourth-order valence-corrected chi connectivity index (χ4v) is 2.08. The summed E-state index contributed by atoms with van der Waals surface area (Å²) in [4.78, 5) is 8.67. The van der Waals surface area contributed by atoms with Crippen LogP contribution >= 0.6 is 15.9 Å². The molecule has 0 bridgehead atoms. The molecule has 106 valence electrons. The van der Waals surface area contributed by atoms with Gasteiger partial charge in [-0.3, -0.25) is 0 Å². The molecule has 0 fully saturated rings. The van der Waals surface area contributed by atoms with Crippen LogP contribution in [0.2, 0.25) is 0 Å². The fourth-order valence-electron chi connectivity index (χ4n) is 1.64. The van der Waals surface area contributed by atoms with E-state index < -0.39 is 0 Å². The summed E-state index contributed by atoms with van der Waals surface area (Å²) >= 11 is 3.44. The normalized spacial score (nSPS) is 11.4. The van der Waals surface area contributed by atoms with E-state index in [1.54, 1.807) is 6.07 Å². The molecule has 0 saturated heterocycles. The van der Waals surface area contributed by atoms with Crippen molar-refractivity contribution < 1.29 is 4.74 Å². The molecule has 1 aromatic carbocycles. The highest BCUT2D eigenvalue weighted by atomic mass is 79.9. The van der Waals surface area contributed by atoms with E-state index in [1.165, 1.54) is 0 Å². The highest BCUT2D eigenvalue weighted by Crippen LogP contribution is 2.22. The quantitative estimate of drug-likeness (QED) is 0.928. The van der Waals surface area contributed by atoms with Crippen LogP contribution in [0.5, 0.6) is 5.88 Å². The molecule has 20 heavy (non-hydrogen) atoms. The van der Waals surface area contributed by atoms with E-state index in [0.717, 1.165) is 10.0 Å². The van der Waals surface area contributed by atoms with Crippen molar-refractivity contribution in [2.75, 3.05) is 5.73 Å². The minimum atomic E-state index is -0.163. The molecule has 2 rings (SSSR count). The van der Waals surface area contributed by atoms with Crippen molar-refractivity contribution in [1.82, 2.24) is 9.97 Å². The Labute approximate surface area is 127 Å². The van der Waals surface area contributed by atoms with Crippen molar-refractivity contribution in [1.29, 1.82) is 0 Å². The fraction of sp³-hybridized carbons (Fsp3) is 0.333. The lowest BCUT2D eigenvalue weighted by Gasteiger charge is -2.17. The molecule has 2 aromatic rings. The van der Waals surface area contributed by atoms with Gasteiger partial charge < -0.3 is 10.5 Å². The number of nitrogens with zero attached hydrogens (tertiary/aromatic N) is 2. The van der Waals surface area contributed by atoms with Crippen LogP contribution in [-0.2, 0) is 12.0 Å². The second kappa shape index (κ2) is 5.79. The molecule has 0 spiro atoms. The van der Waals surface area contributed by atoms with Gasteiger partial charge in [-0.05, 0) is 17.7 Å². The third kappa shape index (κ3) is 3.93. The van der Waals surface area contributed by atoms with E-state index in [9.17, 15) is 0 Å². The van der Waals surface area contributed by atoms with Crippen LogP contribution in [-0.4, -0.2) is 9.97 Å². The van der Waals surface area contributed by atoms with Gasteiger partial charge in [0.25, 0.3) is 0 Å². The summed E-state index contributed by atoms with van der Waals surface area (Å²) in [6.45, 7) is 6.57. The first-order chi connectivity index (χ1) is 9.34. The van der Waals surface area contributed by atoms with Crippen LogP contribution in [0.25, 0.3) is 0 Å². The van der Waals surface area contributed by atoms with E-state index in [4.69, 9.17) is 10.5 Å². The number of hydrogen-bond acceptors (Lipinski definition) is 4. The lowest BCUT2D eigenvalue weighted by Crippen LogP contribution is -2.17. The van der Waals surface area contributed by atoms with Gasteiger partial charge in [-0.15, -0.1) is 0 Å². The van der Waals surface area contributed by atoms with E-state index in [0.29, 0.717) is 24.1 Å². The van der Waals surface area contributed by atoms with Crippen molar-refractivity contribution in [2.45, 2.75) is 32.8 Å². The number of nitrogen functional groups attached to an aromatic ring is 1. The summed E-state index contributed by atoms with van der Waals surface area (Å²) in [6, 6.07) is 9.60. The van der Waals surface area contributed by atoms with E-state index in [1.807, 2.05) is 45.0 Å². The van der Waals surface area contributed by atoms with Crippen LogP contribution in [0, 0.1) is 0 Å². The van der Waals surface area contributed by atoms with Crippen LogP contribution in [0.15, 0.2) is 34.8 Å². The highest BCUT2D eigenvalue weighted by molar-refractivity contribution is 9.10. The maximum Gasteiger partial charge on any atom is 0.219 e. The summed E-state index contributed by atoms with van der Waals surface area (Å²) < 4.78 is 6.74. The molecule has 0 aliphatic heterocycles. The molecule has 0 amide bonds. The van der Waals surface area contributed by atoms with Crippen LogP contribution in [0.1, 0.15) is 32.2 Å². The molecule has 1 aromatic heterocycles. The van der Waals surface area contributed by atoms with Gasteiger partial charge in [-0.25, -0.2) is 4.98 Å². The SMILES string of the molecule is CC(C)(C)c1nc(N)cc(OCc2cccc(Br)c2)n1. The smallest absolute Gasteiger partial charge is 0.219 e. The molecule has 0 saturated carbocycles. The first-order valence-corrected chi connectivity index (χ1v) is 7.16. The average Bonchev–Trinajstić information content (AvgIpc) is 2.35. The van der Waals surface area contributed by atoms with Gasteiger partial charge in [0.1, 0.15) is 18.2 Å². The number of halogens is 1. The Kier molecular flexibility index (Phi) is 4.28. The van der Waals surface area contributed by atoms with E-state index in [-0.39, 0.29) is 5.41 Å². The summed E-state index contributed by atoms with van der Waals surface area (Å²) in [7, 11) is 0. The minimum Gasteiger partial charge on any atom is -0.473 e. The van der Waals surface area contributed by atoms with Crippen LogP contribution < -0.4 is 10.5 Å². The first kappa shape index (κ1) is 14.8. The monoisotopic (exact) mass is 335 g/mol. The van der Waals surface area contributed by atoms with Gasteiger partial charge >= 0.3 is 0 Å². The number of anilines is 1. The lowest BCUT2D eigenvalue weighted by molar-refractivity contribution is 0.290. The summed E-state index contributed by atoms with van der Waals surface area (Å²) in [6.07, 6.45) is 0. The van der Waals surface area contributed by atoms with Gasteiger partial charge in [0.15, 0.2) is 0 Å². The van der Waals surface area contributed by atoms with Gasteiger partial charge in [-0.2, -0.15) is 4.98 Å². The first-order valence-electron chi connectivity index (χ1n) is 6.37. The Morgan fingerprint density at radius 3 is 2.60 bits per heavy atom. The molecule has 1 heterocycles. The Bertz CT molecular complexity index is 608. The molecule has 0 atom stereocenters. The van der Waals surface area contributed by atoms with Gasteiger partial charge in [-0.1, -0.05) is 48.8 Å². The predicted molar refractivity (Wildman–Crippen MR) is 83.6 cm³/mol. The Hall–Kier alpha value is -1.62. The summed E-state index contributed by atoms with van der Waals surface area (Å²) in [5.74, 6) is 1.61. The van der Waals surface area contributed by atoms with Gasteiger partial charge in [0.05, 0.1) is 0 Å². The number of ether oxygens (including phenoxy) is 1. The second-order valence-electron chi connectivity index (χ2n) is 5.62. The molecule has 5 heteroatoms. The van der Waals surface area contributed by atoms with Crippen molar-refractivity contribution in [3.8, 4) is 5.88 Å². The molecule has 4 nitrogen and oxygen atoms in total. The molecular formula is C15H18BrN3O. The lowest BCUT2D eigenvalue weighted by atomic mass is 9.96. The number of rotatable bonds is 3. The standard InChI is InChI=1S/C15H18BrN3O/c1-15(2,3)14-18-12(17)8-13(19-14)20-9-10-5-4-6-11(16)7-10/h4-8H,9H2,1-3H3,(H2,17,18,19). The number of benzene rings is 1. The molecule has 2 N–H and O–H groups in total. The maximum atomic E-state index is 5.81. The molecule has 0 aliphatic carbocycles. The zero-order chi connectivity index (χ0) is 14.8. The predicted octanol–water partition coefficient (Wildman–Crippen LogP) is 3.70. The van der Waals surface area contributed by atoms with Crippen molar-refractivity contribution in [3.63, 3.8) is 0 Å². The number of nitrogens with two attached hydrogens (primary N) is 1. The summed E-state index contributed by atoms with van der Waals surface area (Å²) in [5, 5.41) is 0. The topological polar surface area (TPSA) is 61.0 Å². The van der Waals surface area contributed by atoms with Gasteiger partial charge in [0, 0.05) is 16.0 Å². The van der Waals surface area contributed by atoms with Crippen molar-refractivity contribution in [3.05, 3.63) is 46.2 Å². The molecule has 0 radical (unpaired) electrons. The molecule has 0 aliphatic rings. The minimum absolute atomic E-state index is 0.163. The zero-order valence-electron chi connectivity index (χ0n) is 11.9. The third-order valence-corrected chi connectivity index (χ3v) is 3.16. The van der Waals surface area contributed by atoms with Crippen molar-refractivity contribution >= 4 is 21.7 Å². The summed E-state index contributed by atoms with van der Waals surface area (Å²) in [5.41, 5.74) is 6.71. The van der Waals surface area contributed by atoms with Crippen LogP contribution in [0.4, 0.5) is 5.82 Å². The van der Waals surface area contributed by atoms with Gasteiger partial charge in [0.2, 0.25) is 5.88 Å². The number of aromatic nitrogens is 2. The molecular weight excluding hydrogens is 318 g/mol. The maximum absolute atomic E-state index is 5.81. The Morgan fingerprint density at radius 1 is 1.20 bits per heavy atom. The van der Waals surface area contributed by atoms with Crippen molar-refractivity contribution in [2.24, 2.45) is 0 Å². The molecule has 0 unspecified atom stereocenters. The Morgan fingerprint density at radius 2 is 1.95 bits per heavy atom. The largest absolute Gasteiger partial charge is 0.473 e. The Balaban J connectivity index is 2.16. The zero-order valence-corrected chi connectivity index (χ0v) is 13.4. The average molecular weight is 336 g/mol. The van der Waals surface area contributed by atoms with Crippen LogP contribution in [0.3, 0.4) is 0 Å². The second-order valence-corrected chi connectivity index (χ2v) is 6.54. The van der Waals surface area contributed by atoms with E-state index in [2.05, 4.69) is 25.9 Å². The van der Waals surface area contributed by atoms with E-state index >= 15 is 0 Å². The third-order valence-electron chi connectivity index (χ3n) is 2.67. The highest BCUT2D eigenvalue weighted by Gasteiger charge is 2.19.